The lowest BCUT2D eigenvalue weighted by molar-refractivity contribution is 0.0697. The van der Waals surface area contributed by atoms with Crippen molar-refractivity contribution in [3.8, 4) is 0 Å². The molecule has 8 nitrogen and oxygen atoms in total. The van der Waals surface area contributed by atoms with Crippen LogP contribution in [0.3, 0.4) is 0 Å². The van der Waals surface area contributed by atoms with Crippen molar-refractivity contribution in [3.63, 3.8) is 0 Å². The SMILES string of the molecule is Cc1cc(C)cc(S(=O)(=O)Nc2cnc(N3CCC[C@H](CN4CCCC4)C3)c(C(=O)O)c2)c1. The van der Waals surface area contributed by atoms with E-state index in [9.17, 15) is 18.3 Å². The van der Waals surface area contributed by atoms with Crippen molar-refractivity contribution < 1.29 is 18.3 Å². The first-order chi connectivity index (χ1) is 15.7. The van der Waals surface area contributed by atoms with Crippen LogP contribution < -0.4 is 9.62 Å². The van der Waals surface area contributed by atoms with Crippen LogP contribution in [0.25, 0.3) is 0 Å². The quantitative estimate of drug-likeness (QED) is 0.636. The van der Waals surface area contributed by atoms with Crippen LogP contribution in [0.15, 0.2) is 35.4 Å². The third kappa shape index (κ3) is 5.65. The van der Waals surface area contributed by atoms with Gasteiger partial charge in [0.2, 0.25) is 0 Å². The zero-order chi connectivity index (χ0) is 23.6. The Morgan fingerprint density at radius 2 is 1.79 bits per heavy atom. The van der Waals surface area contributed by atoms with Crippen molar-refractivity contribution >= 4 is 27.5 Å². The van der Waals surface area contributed by atoms with E-state index in [1.54, 1.807) is 12.1 Å². The van der Waals surface area contributed by atoms with Gasteiger partial charge in [-0.25, -0.2) is 18.2 Å². The van der Waals surface area contributed by atoms with Crippen molar-refractivity contribution in [1.82, 2.24) is 9.88 Å². The lowest BCUT2D eigenvalue weighted by atomic mass is 9.97. The zero-order valence-electron chi connectivity index (χ0n) is 19.2. The Balaban J connectivity index is 1.54. The molecule has 0 unspecified atom stereocenters. The van der Waals surface area contributed by atoms with Gasteiger partial charge in [-0.3, -0.25) is 4.72 Å². The monoisotopic (exact) mass is 472 g/mol. The molecule has 0 amide bonds. The number of nitrogens with one attached hydrogen (secondary N) is 1. The van der Waals surface area contributed by atoms with Gasteiger partial charge in [0, 0.05) is 19.6 Å². The van der Waals surface area contributed by atoms with Crippen LogP contribution in [-0.4, -0.2) is 62.1 Å². The molecular weight excluding hydrogens is 440 g/mol. The topological polar surface area (TPSA) is 103 Å². The molecule has 0 saturated carbocycles. The highest BCUT2D eigenvalue weighted by molar-refractivity contribution is 7.92. The van der Waals surface area contributed by atoms with Gasteiger partial charge in [-0.2, -0.15) is 0 Å². The van der Waals surface area contributed by atoms with E-state index in [1.165, 1.54) is 25.1 Å². The Morgan fingerprint density at radius 1 is 1.09 bits per heavy atom. The Labute approximate surface area is 195 Å². The molecule has 2 aliphatic heterocycles. The van der Waals surface area contributed by atoms with Crippen molar-refractivity contribution in [2.24, 2.45) is 5.92 Å². The molecule has 1 aromatic heterocycles. The van der Waals surface area contributed by atoms with E-state index < -0.39 is 16.0 Å². The molecule has 0 bridgehead atoms. The highest BCUT2D eigenvalue weighted by atomic mass is 32.2. The van der Waals surface area contributed by atoms with Gasteiger partial charge in [0.1, 0.15) is 11.4 Å². The minimum Gasteiger partial charge on any atom is -0.478 e. The van der Waals surface area contributed by atoms with Crippen LogP contribution in [0.5, 0.6) is 0 Å². The van der Waals surface area contributed by atoms with E-state index in [4.69, 9.17) is 0 Å². The molecule has 178 valence electrons. The van der Waals surface area contributed by atoms with Gasteiger partial charge in [-0.15, -0.1) is 0 Å². The first kappa shape index (κ1) is 23.5. The summed E-state index contributed by atoms with van der Waals surface area (Å²) in [6, 6.07) is 6.44. The number of anilines is 2. The van der Waals surface area contributed by atoms with E-state index in [0.717, 1.165) is 56.7 Å². The minimum absolute atomic E-state index is 0.0115. The number of carbonyl (C=O) groups is 1. The minimum atomic E-state index is -3.86. The Morgan fingerprint density at radius 3 is 2.45 bits per heavy atom. The normalized spacial score (nSPS) is 19.6. The lowest BCUT2D eigenvalue weighted by Crippen LogP contribution is -2.41. The highest BCUT2D eigenvalue weighted by Gasteiger charge is 2.27. The van der Waals surface area contributed by atoms with Crippen molar-refractivity contribution in [3.05, 3.63) is 47.2 Å². The van der Waals surface area contributed by atoms with Crippen LogP contribution in [0, 0.1) is 19.8 Å². The third-order valence-corrected chi connectivity index (χ3v) is 7.75. The van der Waals surface area contributed by atoms with Crippen LogP contribution in [0.1, 0.15) is 47.2 Å². The molecular formula is C24H32N4O4S. The van der Waals surface area contributed by atoms with Gasteiger partial charge >= 0.3 is 5.97 Å². The largest absolute Gasteiger partial charge is 0.478 e. The number of carboxylic acids is 1. The molecule has 0 aliphatic carbocycles. The molecule has 4 rings (SSSR count). The summed E-state index contributed by atoms with van der Waals surface area (Å²) in [5, 5.41) is 9.85. The number of pyridine rings is 1. The Bertz CT molecular complexity index is 1110. The maximum absolute atomic E-state index is 12.9. The first-order valence-corrected chi connectivity index (χ1v) is 13.0. The lowest BCUT2D eigenvalue weighted by Gasteiger charge is -2.36. The van der Waals surface area contributed by atoms with Crippen molar-refractivity contribution in [2.75, 3.05) is 42.3 Å². The number of hydrogen-bond donors (Lipinski definition) is 2. The molecule has 2 saturated heterocycles. The maximum Gasteiger partial charge on any atom is 0.339 e. The predicted octanol–water partition coefficient (Wildman–Crippen LogP) is 3.51. The van der Waals surface area contributed by atoms with Gasteiger partial charge in [0.05, 0.1) is 16.8 Å². The number of benzene rings is 1. The molecule has 2 N–H and O–H groups in total. The van der Waals surface area contributed by atoms with Gasteiger partial charge in [-0.1, -0.05) is 6.07 Å². The van der Waals surface area contributed by atoms with Gasteiger partial charge in [-0.05, 0) is 87.9 Å². The number of rotatable bonds is 7. The van der Waals surface area contributed by atoms with E-state index >= 15 is 0 Å². The van der Waals surface area contributed by atoms with E-state index in [1.807, 2.05) is 24.8 Å². The average Bonchev–Trinajstić information content (AvgIpc) is 3.26. The summed E-state index contributed by atoms with van der Waals surface area (Å²) in [5.41, 5.74) is 1.82. The number of sulfonamides is 1. The molecule has 2 fully saturated rings. The Hall–Kier alpha value is -2.65. The molecule has 2 aromatic rings. The second kappa shape index (κ2) is 9.69. The van der Waals surface area contributed by atoms with Gasteiger partial charge in [0.25, 0.3) is 10.0 Å². The molecule has 0 radical (unpaired) electrons. The smallest absolute Gasteiger partial charge is 0.339 e. The van der Waals surface area contributed by atoms with Gasteiger partial charge in [0.15, 0.2) is 0 Å². The maximum atomic E-state index is 12.9. The van der Waals surface area contributed by atoms with Crippen LogP contribution in [-0.2, 0) is 10.0 Å². The standard InChI is InChI=1S/C24H32N4O4S/c1-17-10-18(2)12-21(11-17)33(31,32)26-20-13-22(24(29)30)23(25-14-20)28-9-5-6-19(16-28)15-27-7-3-4-8-27/h10-14,19,26H,3-9,15-16H2,1-2H3,(H,29,30)/t19-/m1/s1. The first-order valence-electron chi connectivity index (χ1n) is 11.5. The number of carboxylic acid groups (broad SMARTS) is 1. The average molecular weight is 473 g/mol. The van der Waals surface area contributed by atoms with Crippen molar-refractivity contribution in [2.45, 2.75) is 44.4 Å². The number of aryl methyl sites for hydroxylation is 2. The highest BCUT2D eigenvalue weighted by Crippen LogP contribution is 2.28. The summed E-state index contributed by atoms with van der Waals surface area (Å²) < 4.78 is 28.3. The fourth-order valence-electron chi connectivity index (χ4n) is 4.96. The summed E-state index contributed by atoms with van der Waals surface area (Å²) >= 11 is 0. The number of aromatic nitrogens is 1. The Kier molecular flexibility index (Phi) is 6.90. The summed E-state index contributed by atoms with van der Waals surface area (Å²) in [4.78, 5) is 21.1. The van der Waals surface area contributed by atoms with Crippen LogP contribution in [0.2, 0.25) is 0 Å². The summed E-state index contributed by atoms with van der Waals surface area (Å²) in [7, 11) is -3.86. The summed E-state index contributed by atoms with van der Waals surface area (Å²) in [6.45, 7) is 8.50. The number of likely N-dealkylation sites (tertiary alicyclic amines) is 1. The zero-order valence-corrected chi connectivity index (χ0v) is 20.1. The molecule has 1 aromatic carbocycles. The van der Waals surface area contributed by atoms with Crippen LogP contribution >= 0.6 is 0 Å². The summed E-state index contributed by atoms with van der Waals surface area (Å²) in [6.07, 6.45) is 6.02. The summed E-state index contributed by atoms with van der Waals surface area (Å²) in [5.74, 6) is -0.238. The fourth-order valence-corrected chi connectivity index (χ4v) is 6.18. The fraction of sp³-hybridized carbons (Fsp3) is 0.500. The predicted molar refractivity (Wildman–Crippen MR) is 129 cm³/mol. The number of hydrogen-bond acceptors (Lipinski definition) is 6. The second-order valence-corrected chi connectivity index (χ2v) is 11.0. The van der Waals surface area contributed by atoms with Gasteiger partial charge < -0.3 is 14.9 Å². The van der Waals surface area contributed by atoms with Crippen molar-refractivity contribution in [1.29, 1.82) is 0 Å². The van der Waals surface area contributed by atoms with Crippen LogP contribution in [0.4, 0.5) is 11.5 Å². The van der Waals surface area contributed by atoms with E-state index in [-0.39, 0.29) is 16.1 Å². The molecule has 1 atom stereocenters. The molecule has 0 spiro atoms. The number of piperidine rings is 1. The third-order valence-electron chi connectivity index (χ3n) is 6.39. The number of aromatic carboxylic acids is 1. The second-order valence-electron chi connectivity index (χ2n) is 9.29. The molecule has 3 heterocycles. The molecule has 9 heteroatoms. The number of nitrogens with zero attached hydrogens (tertiary/aromatic N) is 3. The van der Waals surface area contributed by atoms with E-state index in [2.05, 4.69) is 14.6 Å². The molecule has 2 aliphatic rings. The molecule has 33 heavy (non-hydrogen) atoms. The van der Waals surface area contributed by atoms with E-state index in [0.29, 0.717) is 11.7 Å².